The van der Waals surface area contributed by atoms with E-state index in [0.29, 0.717) is 17.9 Å². The topological polar surface area (TPSA) is 93.3 Å². The zero-order valence-corrected chi connectivity index (χ0v) is 16.5. The van der Waals surface area contributed by atoms with Crippen molar-refractivity contribution in [3.8, 4) is 0 Å². The molecule has 0 bridgehead atoms. The summed E-state index contributed by atoms with van der Waals surface area (Å²) in [5.74, 6) is -0.229. The number of benzene rings is 1. The first-order valence-corrected chi connectivity index (χ1v) is 8.95. The molecule has 0 spiro atoms. The number of amides is 1. The molecule has 0 saturated carbocycles. The predicted molar refractivity (Wildman–Crippen MR) is 104 cm³/mol. The van der Waals surface area contributed by atoms with Crippen molar-refractivity contribution >= 4 is 11.6 Å². The van der Waals surface area contributed by atoms with Crippen molar-refractivity contribution in [2.45, 2.75) is 39.8 Å². The number of aryl methyl sites for hydroxylation is 2. The number of aromatic nitrogens is 2. The van der Waals surface area contributed by atoms with Crippen LogP contribution in [0.3, 0.4) is 0 Å². The van der Waals surface area contributed by atoms with Crippen molar-refractivity contribution in [1.29, 1.82) is 0 Å². The Bertz CT molecular complexity index is 811. The largest absolute Gasteiger partial charge is 0.353 e. The number of rotatable bonds is 8. The van der Waals surface area contributed by atoms with Gasteiger partial charge in [-0.05, 0) is 45.5 Å². The van der Waals surface area contributed by atoms with E-state index < -0.39 is 4.92 Å². The summed E-state index contributed by atoms with van der Waals surface area (Å²) in [4.78, 5) is 25.0. The molecule has 0 radical (unpaired) electrons. The van der Waals surface area contributed by atoms with Crippen molar-refractivity contribution in [2.24, 2.45) is 0 Å². The Morgan fingerprint density at radius 1 is 1.30 bits per heavy atom. The van der Waals surface area contributed by atoms with Gasteiger partial charge < -0.3 is 10.2 Å². The van der Waals surface area contributed by atoms with E-state index in [2.05, 4.69) is 46.5 Å². The number of nitrogens with zero attached hydrogens (tertiary/aromatic N) is 4. The van der Waals surface area contributed by atoms with E-state index in [1.165, 1.54) is 10.2 Å². The van der Waals surface area contributed by atoms with E-state index in [0.717, 1.165) is 12.0 Å². The van der Waals surface area contributed by atoms with Crippen LogP contribution < -0.4 is 5.32 Å². The number of nitro groups is 1. The lowest BCUT2D eigenvalue weighted by atomic mass is 10.0. The Labute approximate surface area is 159 Å². The number of carbonyl (C=O) groups excluding carboxylic acids is 1. The van der Waals surface area contributed by atoms with Crippen molar-refractivity contribution in [2.75, 3.05) is 20.6 Å². The molecule has 8 heteroatoms. The van der Waals surface area contributed by atoms with E-state index in [9.17, 15) is 14.9 Å². The molecule has 27 heavy (non-hydrogen) atoms. The maximum atomic E-state index is 12.4. The number of nitrogens with one attached hydrogen (secondary N) is 1. The second-order valence-electron chi connectivity index (χ2n) is 6.81. The molecular formula is C19H27N5O3. The average Bonchev–Trinajstić information content (AvgIpc) is 2.88. The Morgan fingerprint density at radius 3 is 2.41 bits per heavy atom. The summed E-state index contributed by atoms with van der Waals surface area (Å²) in [5.41, 5.74) is 3.05. The van der Waals surface area contributed by atoms with Gasteiger partial charge in [0.05, 0.1) is 11.0 Å². The molecule has 1 N–H and O–H groups in total. The molecule has 1 atom stereocenters. The lowest BCUT2D eigenvalue weighted by Crippen LogP contribution is -2.36. The maximum absolute atomic E-state index is 12.4. The van der Waals surface area contributed by atoms with Crippen LogP contribution in [0, 0.1) is 24.0 Å². The van der Waals surface area contributed by atoms with Gasteiger partial charge in [-0.2, -0.15) is 5.10 Å². The first kappa shape index (κ1) is 20.6. The molecular weight excluding hydrogens is 346 g/mol. The minimum absolute atomic E-state index is 0.0367. The van der Waals surface area contributed by atoms with Gasteiger partial charge in [0.25, 0.3) is 0 Å². The fourth-order valence-corrected chi connectivity index (χ4v) is 3.08. The summed E-state index contributed by atoms with van der Waals surface area (Å²) in [6, 6.07) is 8.40. The molecule has 0 fully saturated rings. The summed E-state index contributed by atoms with van der Waals surface area (Å²) in [7, 11) is 3.93. The third-order valence-electron chi connectivity index (χ3n) is 4.71. The van der Waals surface area contributed by atoms with Crippen molar-refractivity contribution in [3.63, 3.8) is 0 Å². The maximum Gasteiger partial charge on any atom is 0.312 e. The quantitative estimate of drug-likeness (QED) is 0.566. The predicted octanol–water partition coefficient (Wildman–Crippen LogP) is 2.39. The normalized spacial score (nSPS) is 12.2. The summed E-state index contributed by atoms with van der Waals surface area (Å²) in [6.07, 6.45) is 0.985. The Kier molecular flexibility index (Phi) is 6.68. The Hall–Kier alpha value is -2.74. The summed E-state index contributed by atoms with van der Waals surface area (Å²) in [5, 5.41) is 18.1. The summed E-state index contributed by atoms with van der Waals surface area (Å²) >= 11 is 0. The molecule has 2 aromatic rings. The minimum Gasteiger partial charge on any atom is -0.353 e. The Balaban J connectivity index is 2.04. The van der Waals surface area contributed by atoms with Crippen LogP contribution in [0.2, 0.25) is 0 Å². The molecule has 0 aliphatic carbocycles. The van der Waals surface area contributed by atoms with Crippen LogP contribution in [-0.4, -0.2) is 46.2 Å². The average molecular weight is 373 g/mol. The van der Waals surface area contributed by atoms with Crippen molar-refractivity contribution < 1.29 is 9.72 Å². The molecule has 1 amide bonds. The fourth-order valence-electron chi connectivity index (χ4n) is 3.08. The fraction of sp³-hybridized carbons (Fsp3) is 0.474. The van der Waals surface area contributed by atoms with Gasteiger partial charge in [0.15, 0.2) is 0 Å². The zero-order valence-electron chi connectivity index (χ0n) is 16.5. The van der Waals surface area contributed by atoms with E-state index in [1.807, 2.05) is 14.1 Å². The molecule has 8 nitrogen and oxygen atoms in total. The van der Waals surface area contributed by atoms with E-state index in [1.54, 1.807) is 13.8 Å². The highest BCUT2D eigenvalue weighted by atomic mass is 16.6. The standard InChI is InChI=1S/C19H27N5O3/c1-6-15-7-9-16(10-8-15)17(22(4)5)11-20-18(25)12-23-14(3)19(24(26)27)13(2)21-23/h7-10,17H,6,11-12H2,1-5H3,(H,20,25). The van der Waals surface area contributed by atoms with Crippen molar-refractivity contribution in [1.82, 2.24) is 20.0 Å². The lowest BCUT2D eigenvalue weighted by Gasteiger charge is -2.25. The second kappa shape index (κ2) is 8.77. The Morgan fingerprint density at radius 2 is 1.93 bits per heavy atom. The highest BCUT2D eigenvalue weighted by Gasteiger charge is 2.23. The highest BCUT2D eigenvalue weighted by Crippen LogP contribution is 2.22. The summed E-state index contributed by atoms with van der Waals surface area (Å²) < 4.78 is 1.38. The molecule has 1 heterocycles. The van der Waals surface area contributed by atoms with E-state index >= 15 is 0 Å². The van der Waals surface area contributed by atoms with Crippen LogP contribution in [0.15, 0.2) is 24.3 Å². The van der Waals surface area contributed by atoms with E-state index in [-0.39, 0.29) is 24.2 Å². The highest BCUT2D eigenvalue weighted by molar-refractivity contribution is 5.75. The van der Waals surface area contributed by atoms with Gasteiger partial charge in [-0.1, -0.05) is 31.2 Å². The van der Waals surface area contributed by atoms with Gasteiger partial charge >= 0.3 is 5.69 Å². The van der Waals surface area contributed by atoms with Gasteiger partial charge in [-0.25, -0.2) is 0 Å². The molecule has 1 aromatic heterocycles. The van der Waals surface area contributed by atoms with Crippen LogP contribution in [0.4, 0.5) is 5.69 Å². The third kappa shape index (κ3) is 4.91. The van der Waals surface area contributed by atoms with Gasteiger partial charge in [0.1, 0.15) is 17.9 Å². The zero-order chi connectivity index (χ0) is 20.1. The number of hydrogen-bond donors (Lipinski definition) is 1. The number of hydrogen-bond acceptors (Lipinski definition) is 5. The molecule has 146 valence electrons. The van der Waals surface area contributed by atoms with Crippen molar-refractivity contribution in [3.05, 3.63) is 56.9 Å². The van der Waals surface area contributed by atoms with Crippen LogP contribution in [0.25, 0.3) is 0 Å². The second-order valence-corrected chi connectivity index (χ2v) is 6.81. The SMILES string of the molecule is CCc1ccc(C(CNC(=O)Cn2nc(C)c([N+](=O)[O-])c2C)N(C)C)cc1. The van der Waals surface area contributed by atoms with Crippen LogP contribution in [0.1, 0.15) is 35.5 Å². The van der Waals surface area contributed by atoms with Gasteiger partial charge in [0, 0.05) is 6.54 Å². The van der Waals surface area contributed by atoms with Crippen LogP contribution in [0.5, 0.6) is 0 Å². The molecule has 1 unspecified atom stereocenters. The minimum atomic E-state index is -0.464. The van der Waals surface area contributed by atoms with E-state index in [4.69, 9.17) is 0 Å². The smallest absolute Gasteiger partial charge is 0.312 e. The van der Waals surface area contributed by atoms with Gasteiger partial charge in [0.2, 0.25) is 5.91 Å². The molecule has 1 aromatic carbocycles. The van der Waals surface area contributed by atoms with Crippen LogP contribution in [-0.2, 0) is 17.8 Å². The van der Waals surface area contributed by atoms with Gasteiger partial charge in [-0.15, -0.1) is 0 Å². The number of carbonyl (C=O) groups is 1. The van der Waals surface area contributed by atoms with Crippen LogP contribution >= 0.6 is 0 Å². The molecule has 0 saturated heterocycles. The summed E-state index contributed by atoms with van der Waals surface area (Å²) in [6.45, 7) is 5.68. The lowest BCUT2D eigenvalue weighted by molar-refractivity contribution is -0.386. The molecule has 2 rings (SSSR count). The molecule has 0 aliphatic rings. The molecule has 0 aliphatic heterocycles. The first-order valence-electron chi connectivity index (χ1n) is 8.95. The third-order valence-corrected chi connectivity index (χ3v) is 4.71. The van der Waals surface area contributed by atoms with Gasteiger partial charge in [-0.3, -0.25) is 19.6 Å². The first-order chi connectivity index (χ1) is 12.7. The number of likely N-dealkylation sites (N-methyl/N-ethyl adjacent to an activating group) is 1. The monoisotopic (exact) mass is 373 g/mol.